The first-order chi connectivity index (χ1) is 4.12. The Balaban J connectivity index is 3.74. The highest BCUT2D eigenvalue weighted by Crippen LogP contribution is 1.82. The summed E-state index contributed by atoms with van der Waals surface area (Å²) in [5.74, 6) is -0.194. The number of rotatable bonds is 4. The van der Waals surface area contributed by atoms with Crippen molar-refractivity contribution in [2.75, 3.05) is 11.6 Å². The van der Waals surface area contributed by atoms with Crippen molar-refractivity contribution in [3.05, 3.63) is 0 Å². The van der Waals surface area contributed by atoms with E-state index in [9.17, 15) is 13.2 Å². The molecule has 0 spiro atoms. The van der Waals surface area contributed by atoms with E-state index in [2.05, 4.69) is 5.32 Å². The van der Waals surface area contributed by atoms with E-state index in [1.54, 1.807) is 0 Å². The van der Waals surface area contributed by atoms with Gasteiger partial charge in [0.15, 0.2) is 9.84 Å². The highest BCUT2D eigenvalue weighted by Gasteiger charge is 2.03. The maximum Gasteiger partial charge on any atom is 0.207 e. The summed E-state index contributed by atoms with van der Waals surface area (Å²) in [5.41, 5.74) is 0. The number of amides is 1. The minimum atomic E-state index is -3.02. The molecule has 0 aromatic heterocycles. The number of nitrogens with one attached hydrogen (secondary N) is 1. The molecule has 9 heavy (non-hydrogen) atoms. The van der Waals surface area contributed by atoms with E-state index < -0.39 is 9.84 Å². The molecule has 5 heteroatoms. The first-order valence-electron chi connectivity index (χ1n) is 2.50. The molecule has 0 heterocycles. The molecule has 0 aliphatic heterocycles. The van der Waals surface area contributed by atoms with Crippen molar-refractivity contribution in [2.45, 2.75) is 6.92 Å². The maximum absolute atomic E-state index is 10.5. The zero-order valence-electron chi connectivity index (χ0n) is 5.12. The van der Waals surface area contributed by atoms with Crippen molar-refractivity contribution in [1.29, 1.82) is 0 Å². The molecule has 0 saturated carbocycles. The molecule has 0 bridgehead atoms. The van der Waals surface area contributed by atoms with Crippen molar-refractivity contribution in [3.63, 3.8) is 0 Å². The van der Waals surface area contributed by atoms with Gasteiger partial charge in [0.05, 0.1) is 0 Å². The predicted molar refractivity (Wildman–Crippen MR) is 33.5 cm³/mol. The van der Waals surface area contributed by atoms with Gasteiger partial charge >= 0.3 is 0 Å². The fraction of sp³-hybridized carbons (Fsp3) is 0.750. The monoisotopic (exact) mass is 151 g/mol. The first-order valence-corrected chi connectivity index (χ1v) is 4.32. The molecule has 0 radical (unpaired) electrons. The van der Waals surface area contributed by atoms with Crippen LogP contribution in [0.4, 0.5) is 0 Å². The van der Waals surface area contributed by atoms with E-state index >= 15 is 0 Å². The minimum absolute atomic E-state index is 0.0633. The lowest BCUT2D eigenvalue weighted by atomic mass is 11.0. The Labute approximate surface area is 54.2 Å². The fourth-order valence-electron chi connectivity index (χ4n) is 0.263. The van der Waals surface area contributed by atoms with Crippen LogP contribution in [0.15, 0.2) is 0 Å². The standard InChI is InChI=1S/C4H9NO3S/c1-2-9(7,8)4-5-3-6/h3H,2,4H2,1H3,(H,5,6). The Bertz CT molecular complexity index is 172. The van der Waals surface area contributed by atoms with Crippen molar-refractivity contribution < 1.29 is 13.2 Å². The lowest BCUT2D eigenvalue weighted by Crippen LogP contribution is -2.22. The normalized spacial score (nSPS) is 10.8. The number of hydrogen-bond acceptors (Lipinski definition) is 3. The molecule has 0 aliphatic carbocycles. The average molecular weight is 151 g/mol. The number of carbonyl (C=O) groups is 1. The molecule has 54 valence electrons. The third kappa shape index (κ3) is 3.96. The van der Waals surface area contributed by atoms with Gasteiger partial charge in [0.25, 0.3) is 0 Å². The van der Waals surface area contributed by atoms with Crippen LogP contribution in [-0.2, 0) is 14.6 Å². The molecule has 0 atom stereocenters. The van der Waals surface area contributed by atoms with Crippen LogP contribution < -0.4 is 5.32 Å². The van der Waals surface area contributed by atoms with Gasteiger partial charge in [-0.15, -0.1) is 0 Å². The third-order valence-corrected chi connectivity index (χ3v) is 2.31. The van der Waals surface area contributed by atoms with E-state index in [-0.39, 0.29) is 11.6 Å². The Kier molecular flexibility index (Phi) is 3.22. The summed E-state index contributed by atoms with van der Waals surface area (Å²) in [5, 5.41) is 2.07. The van der Waals surface area contributed by atoms with Gasteiger partial charge in [0.1, 0.15) is 5.88 Å². The zero-order valence-corrected chi connectivity index (χ0v) is 5.94. The van der Waals surface area contributed by atoms with Gasteiger partial charge in [-0.05, 0) is 0 Å². The molecule has 4 nitrogen and oxygen atoms in total. The third-order valence-electron chi connectivity index (χ3n) is 0.826. The molecule has 0 aliphatic rings. The summed E-state index contributed by atoms with van der Waals surface area (Å²) < 4.78 is 21.1. The topological polar surface area (TPSA) is 63.2 Å². The Hall–Kier alpha value is -0.580. The number of hydrogen-bond donors (Lipinski definition) is 1. The molecule has 0 unspecified atom stereocenters. The predicted octanol–water partition coefficient (Wildman–Crippen LogP) is -0.875. The SMILES string of the molecule is CCS(=O)(=O)CNC=O. The second-order valence-electron chi connectivity index (χ2n) is 1.50. The molecule has 0 aromatic carbocycles. The van der Waals surface area contributed by atoms with E-state index in [1.807, 2.05) is 0 Å². The largest absolute Gasteiger partial charge is 0.345 e. The summed E-state index contributed by atoms with van der Waals surface area (Å²) in [7, 11) is -3.02. The second kappa shape index (κ2) is 3.45. The van der Waals surface area contributed by atoms with Gasteiger partial charge in [0, 0.05) is 5.75 Å². The molecule has 0 fully saturated rings. The van der Waals surface area contributed by atoms with Crippen LogP contribution in [0.1, 0.15) is 6.92 Å². The fourth-order valence-corrected chi connectivity index (χ4v) is 0.789. The van der Waals surface area contributed by atoms with Crippen molar-refractivity contribution in [1.82, 2.24) is 5.32 Å². The van der Waals surface area contributed by atoms with Crippen LogP contribution in [-0.4, -0.2) is 26.5 Å². The van der Waals surface area contributed by atoms with Gasteiger partial charge in [-0.25, -0.2) is 8.42 Å². The number of carbonyl (C=O) groups excluding carboxylic acids is 1. The van der Waals surface area contributed by atoms with Gasteiger partial charge < -0.3 is 5.32 Å². The summed E-state index contributed by atoms with van der Waals surface area (Å²) in [6.07, 6.45) is 0.368. The Morgan fingerprint density at radius 2 is 2.11 bits per heavy atom. The smallest absolute Gasteiger partial charge is 0.207 e. The molecule has 0 saturated heterocycles. The summed E-state index contributed by atoms with van der Waals surface area (Å²) in [4.78, 5) is 9.59. The Morgan fingerprint density at radius 3 is 2.44 bits per heavy atom. The van der Waals surface area contributed by atoms with Gasteiger partial charge in [-0.1, -0.05) is 6.92 Å². The second-order valence-corrected chi connectivity index (χ2v) is 3.85. The van der Waals surface area contributed by atoms with E-state index in [1.165, 1.54) is 6.92 Å². The van der Waals surface area contributed by atoms with E-state index in [0.717, 1.165) is 0 Å². The zero-order chi connectivity index (χ0) is 7.33. The summed E-state index contributed by atoms with van der Waals surface area (Å²) in [6.45, 7) is 1.53. The van der Waals surface area contributed by atoms with Crippen LogP contribution in [0.2, 0.25) is 0 Å². The van der Waals surface area contributed by atoms with Crippen LogP contribution in [0.5, 0.6) is 0 Å². The van der Waals surface area contributed by atoms with Crippen LogP contribution in [0.3, 0.4) is 0 Å². The first kappa shape index (κ1) is 8.42. The number of sulfone groups is 1. The molecular weight excluding hydrogens is 142 g/mol. The lowest BCUT2D eigenvalue weighted by molar-refractivity contribution is -0.109. The maximum atomic E-state index is 10.5. The minimum Gasteiger partial charge on any atom is -0.345 e. The van der Waals surface area contributed by atoms with Crippen molar-refractivity contribution in [3.8, 4) is 0 Å². The molecule has 0 aromatic rings. The quantitative estimate of drug-likeness (QED) is 0.531. The van der Waals surface area contributed by atoms with Gasteiger partial charge in [-0.2, -0.15) is 0 Å². The lowest BCUT2D eigenvalue weighted by Gasteiger charge is -1.96. The van der Waals surface area contributed by atoms with Gasteiger partial charge in [0.2, 0.25) is 6.41 Å². The summed E-state index contributed by atoms with van der Waals surface area (Å²) >= 11 is 0. The van der Waals surface area contributed by atoms with E-state index in [4.69, 9.17) is 0 Å². The van der Waals surface area contributed by atoms with Crippen LogP contribution in [0, 0.1) is 0 Å². The van der Waals surface area contributed by atoms with Gasteiger partial charge in [-0.3, -0.25) is 4.79 Å². The molecular formula is C4H9NO3S. The van der Waals surface area contributed by atoms with Crippen LogP contribution >= 0.6 is 0 Å². The Morgan fingerprint density at radius 1 is 1.56 bits per heavy atom. The average Bonchev–Trinajstić information content (AvgIpc) is 1.84. The van der Waals surface area contributed by atoms with Crippen molar-refractivity contribution >= 4 is 16.2 Å². The van der Waals surface area contributed by atoms with Crippen LogP contribution in [0.25, 0.3) is 0 Å². The highest BCUT2D eigenvalue weighted by molar-refractivity contribution is 7.91. The van der Waals surface area contributed by atoms with Crippen molar-refractivity contribution in [2.24, 2.45) is 0 Å². The molecule has 0 rings (SSSR count). The molecule has 1 amide bonds. The molecule has 1 N–H and O–H groups in total. The highest BCUT2D eigenvalue weighted by atomic mass is 32.2. The summed E-state index contributed by atoms with van der Waals surface area (Å²) in [6, 6.07) is 0. The van der Waals surface area contributed by atoms with E-state index in [0.29, 0.717) is 6.41 Å².